The number of carbonyl (C=O) groups is 1. The fourth-order valence-corrected chi connectivity index (χ4v) is 2.83. The number of ether oxygens (including phenoxy) is 1. The molecule has 1 aromatic rings. The molecule has 0 radical (unpaired) electrons. The number of thiophene rings is 1. The average Bonchev–Trinajstić information content (AvgIpc) is 2.83. The van der Waals surface area contributed by atoms with Crippen molar-refractivity contribution in [2.45, 2.75) is 25.9 Å². The van der Waals surface area contributed by atoms with Gasteiger partial charge in [-0.05, 0) is 24.4 Å². The van der Waals surface area contributed by atoms with E-state index in [9.17, 15) is 4.79 Å². The fraction of sp³-hybridized carbons (Fsp3) is 0.615. The van der Waals surface area contributed by atoms with Gasteiger partial charge in [0.25, 0.3) is 0 Å². The van der Waals surface area contributed by atoms with Gasteiger partial charge in [-0.2, -0.15) is 0 Å². The van der Waals surface area contributed by atoms with Crippen LogP contribution in [-0.4, -0.2) is 43.0 Å². The van der Waals surface area contributed by atoms with Gasteiger partial charge in [0, 0.05) is 24.4 Å². The van der Waals surface area contributed by atoms with Crippen LogP contribution in [0.4, 0.5) is 0 Å². The van der Waals surface area contributed by atoms with Crippen molar-refractivity contribution in [3.8, 4) is 0 Å². The highest BCUT2D eigenvalue weighted by Crippen LogP contribution is 2.13. The highest BCUT2D eigenvalue weighted by Gasteiger charge is 2.26. The molecule has 1 aliphatic rings. The number of rotatable bonds is 5. The third kappa shape index (κ3) is 3.63. The van der Waals surface area contributed by atoms with Crippen LogP contribution < -0.4 is 0 Å². The molecule has 0 aliphatic carbocycles. The zero-order valence-electron chi connectivity index (χ0n) is 10.2. The van der Waals surface area contributed by atoms with Crippen LogP contribution in [0.1, 0.15) is 18.2 Å². The van der Waals surface area contributed by atoms with Crippen LogP contribution in [0.2, 0.25) is 0 Å². The van der Waals surface area contributed by atoms with Crippen molar-refractivity contribution < 1.29 is 9.53 Å². The molecule has 1 fully saturated rings. The lowest BCUT2D eigenvalue weighted by Gasteiger charge is -2.31. The van der Waals surface area contributed by atoms with Crippen LogP contribution in [0.3, 0.4) is 0 Å². The maximum absolute atomic E-state index is 12.1. The minimum Gasteiger partial charge on any atom is -0.368 e. The Bertz CT molecular complexity index is 348. The first-order chi connectivity index (χ1) is 8.29. The summed E-state index contributed by atoms with van der Waals surface area (Å²) in [6, 6.07) is 3.99. The van der Waals surface area contributed by atoms with E-state index in [4.69, 9.17) is 4.74 Å². The van der Waals surface area contributed by atoms with Crippen LogP contribution >= 0.6 is 11.3 Å². The number of morpholine rings is 1. The van der Waals surface area contributed by atoms with Crippen molar-refractivity contribution in [2.75, 3.05) is 26.2 Å². The summed E-state index contributed by atoms with van der Waals surface area (Å²) in [6.45, 7) is 5.62. The van der Waals surface area contributed by atoms with E-state index in [0.29, 0.717) is 13.0 Å². The molecule has 1 atom stereocenters. The molecule has 2 heterocycles. The number of hydrogen-bond donors (Lipinski definition) is 0. The molecule has 0 N–H and O–H groups in total. The minimum atomic E-state index is -0.225. The molecular weight excluding hydrogens is 234 g/mol. The molecule has 1 saturated heterocycles. The van der Waals surface area contributed by atoms with E-state index in [1.807, 2.05) is 17.5 Å². The van der Waals surface area contributed by atoms with Crippen LogP contribution in [0.5, 0.6) is 0 Å². The van der Waals surface area contributed by atoms with Crippen LogP contribution in [0.25, 0.3) is 0 Å². The second-order valence-corrected chi connectivity index (χ2v) is 5.41. The Morgan fingerprint density at radius 3 is 3.24 bits per heavy atom. The molecule has 4 heteroatoms. The zero-order valence-corrected chi connectivity index (χ0v) is 11.0. The van der Waals surface area contributed by atoms with Crippen LogP contribution in [0, 0.1) is 0 Å². The summed E-state index contributed by atoms with van der Waals surface area (Å²) in [6.07, 6.45) is 1.42. The first-order valence-electron chi connectivity index (χ1n) is 6.18. The highest BCUT2D eigenvalue weighted by atomic mass is 32.1. The van der Waals surface area contributed by atoms with E-state index in [0.717, 1.165) is 30.9 Å². The van der Waals surface area contributed by atoms with Gasteiger partial charge in [0.05, 0.1) is 6.61 Å². The summed E-state index contributed by atoms with van der Waals surface area (Å²) in [7, 11) is 0. The molecule has 2 rings (SSSR count). The first kappa shape index (κ1) is 12.7. The average molecular weight is 253 g/mol. The molecule has 17 heavy (non-hydrogen) atoms. The SMILES string of the molecule is CCCN1CCOC(C(=O)Cc2cccs2)C1. The quantitative estimate of drug-likeness (QED) is 0.803. The van der Waals surface area contributed by atoms with Crippen molar-refractivity contribution in [3.05, 3.63) is 22.4 Å². The molecular formula is C13H19NO2S. The predicted molar refractivity (Wildman–Crippen MR) is 69.5 cm³/mol. The summed E-state index contributed by atoms with van der Waals surface area (Å²) in [4.78, 5) is 15.5. The molecule has 0 bridgehead atoms. The van der Waals surface area contributed by atoms with E-state index in [1.165, 1.54) is 0 Å². The Kier molecular flexibility index (Phi) is 4.71. The number of hydrogen-bond acceptors (Lipinski definition) is 4. The van der Waals surface area contributed by atoms with Crippen molar-refractivity contribution in [1.29, 1.82) is 0 Å². The number of ketones is 1. The Hall–Kier alpha value is -0.710. The van der Waals surface area contributed by atoms with Crippen LogP contribution in [0.15, 0.2) is 17.5 Å². The third-order valence-electron chi connectivity index (χ3n) is 2.98. The van der Waals surface area contributed by atoms with E-state index in [-0.39, 0.29) is 11.9 Å². The van der Waals surface area contributed by atoms with Gasteiger partial charge >= 0.3 is 0 Å². The summed E-state index contributed by atoms with van der Waals surface area (Å²) in [5.41, 5.74) is 0. The van der Waals surface area contributed by atoms with Gasteiger partial charge in [-0.25, -0.2) is 0 Å². The van der Waals surface area contributed by atoms with Gasteiger partial charge in [0.1, 0.15) is 6.10 Å². The van der Waals surface area contributed by atoms with Gasteiger partial charge in [0.15, 0.2) is 5.78 Å². The first-order valence-corrected chi connectivity index (χ1v) is 7.06. The Morgan fingerprint density at radius 2 is 2.53 bits per heavy atom. The highest BCUT2D eigenvalue weighted by molar-refractivity contribution is 7.10. The third-order valence-corrected chi connectivity index (χ3v) is 3.85. The maximum Gasteiger partial charge on any atom is 0.168 e. The topological polar surface area (TPSA) is 29.5 Å². The Labute approximate surface area is 106 Å². The normalized spacial score (nSPS) is 21.6. The summed E-state index contributed by atoms with van der Waals surface area (Å²) >= 11 is 1.64. The van der Waals surface area contributed by atoms with Gasteiger partial charge < -0.3 is 4.74 Å². The molecule has 0 aromatic carbocycles. The summed E-state index contributed by atoms with van der Waals surface area (Å²) < 4.78 is 5.58. The van der Waals surface area contributed by atoms with Gasteiger partial charge in [-0.3, -0.25) is 9.69 Å². The molecule has 3 nitrogen and oxygen atoms in total. The predicted octanol–water partition coefficient (Wildman–Crippen LogP) is 1.97. The molecule has 0 spiro atoms. The van der Waals surface area contributed by atoms with E-state index >= 15 is 0 Å². The molecule has 1 aliphatic heterocycles. The Balaban J connectivity index is 1.86. The molecule has 1 unspecified atom stereocenters. The number of nitrogens with zero attached hydrogens (tertiary/aromatic N) is 1. The second kappa shape index (κ2) is 6.28. The lowest BCUT2D eigenvalue weighted by atomic mass is 10.1. The van der Waals surface area contributed by atoms with Gasteiger partial charge in [-0.15, -0.1) is 11.3 Å². The Morgan fingerprint density at radius 1 is 1.65 bits per heavy atom. The standard InChI is InChI=1S/C13H19NO2S/c1-2-5-14-6-7-16-13(10-14)12(15)9-11-4-3-8-17-11/h3-4,8,13H,2,5-7,9-10H2,1H3. The number of carbonyl (C=O) groups excluding carboxylic acids is 1. The smallest absolute Gasteiger partial charge is 0.168 e. The lowest BCUT2D eigenvalue weighted by Crippen LogP contribution is -2.46. The van der Waals surface area contributed by atoms with Gasteiger partial charge in [0.2, 0.25) is 0 Å². The molecule has 0 saturated carbocycles. The maximum atomic E-state index is 12.1. The van der Waals surface area contributed by atoms with E-state index in [1.54, 1.807) is 11.3 Å². The minimum absolute atomic E-state index is 0.216. The second-order valence-electron chi connectivity index (χ2n) is 4.38. The van der Waals surface area contributed by atoms with Gasteiger partial charge in [-0.1, -0.05) is 13.0 Å². The zero-order chi connectivity index (χ0) is 12.1. The molecule has 0 amide bonds. The van der Waals surface area contributed by atoms with Crippen molar-refractivity contribution in [1.82, 2.24) is 4.90 Å². The lowest BCUT2D eigenvalue weighted by molar-refractivity contribution is -0.135. The van der Waals surface area contributed by atoms with Crippen molar-refractivity contribution in [2.24, 2.45) is 0 Å². The number of Topliss-reactive ketones (excluding diaryl/α,β-unsaturated/α-hetero) is 1. The van der Waals surface area contributed by atoms with E-state index in [2.05, 4.69) is 11.8 Å². The van der Waals surface area contributed by atoms with Crippen molar-refractivity contribution in [3.63, 3.8) is 0 Å². The molecule has 94 valence electrons. The van der Waals surface area contributed by atoms with Crippen LogP contribution in [-0.2, 0) is 16.0 Å². The summed E-state index contributed by atoms with van der Waals surface area (Å²) in [5.74, 6) is 0.216. The summed E-state index contributed by atoms with van der Waals surface area (Å²) in [5, 5.41) is 2.01. The largest absolute Gasteiger partial charge is 0.368 e. The van der Waals surface area contributed by atoms with Crippen molar-refractivity contribution >= 4 is 17.1 Å². The monoisotopic (exact) mass is 253 g/mol. The van der Waals surface area contributed by atoms with E-state index < -0.39 is 0 Å². The fourth-order valence-electron chi connectivity index (χ4n) is 2.12. The molecule has 1 aromatic heterocycles.